The Balaban J connectivity index is 1.32. The van der Waals surface area contributed by atoms with E-state index in [4.69, 9.17) is 14.7 Å². The predicted octanol–water partition coefficient (Wildman–Crippen LogP) is 7.13. The summed E-state index contributed by atoms with van der Waals surface area (Å²) in [5, 5.41) is 18.4. The van der Waals surface area contributed by atoms with Crippen LogP contribution in [-0.4, -0.2) is 38.8 Å². The topological polar surface area (TPSA) is 110 Å². The second-order valence-corrected chi connectivity index (χ2v) is 11.8. The zero-order chi connectivity index (χ0) is 33.6. The number of carboxylic acids is 1. The molecule has 240 valence electrons. The number of carboxylic acid groups (broad SMARTS) is 1. The summed E-state index contributed by atoms with van der Waals surface area (Å²) in [5.74, 6) is -5.49. The molecule has 1 aliphatic rings. The lowest BCUT2D eigenvalue weighted by Crippen LogP contribution is -2.27. The van der Waals surface area contributed by atoms with Crippen molar-refractivity contribution in [2.75, 3.05) is 13.2 Å². The molecule has 3 heterocycles. The van der Waals surface area contributed by atoms with Gasteiger partial charge in [-0.15, -0.1) is 0 Å². The number of fused-ring (bicyclic) bond motifs is 1. The van der Waals surface area contributed by atoms with Gasteiger partial charge in [0, 0.05) is 29.0 Å². The van der Waals surface area contributed by atoms with Crippen molar-refractivity contribution in [3.8, 4) is 23.2 Å². The number of benzene rings is 3. The Labute approximate surface area is 264 Å². The van der Waals surface area contributed by atoms with Gasteiger partial charge in [-0.1, -0.05) is 19.9 Å². The summed E-state index contributed by atoms with van der Waals surface area (Å²) in [6, 6.07) is 11.1. The Morgan fingerprint density at radius 2 is 1.74 bits per heavy atom. The first-order valence-electron chi connectivity index (χ1n) is 14.3. The van der Waals surface area contributed by atoms with Gasteiger partial charge < -0.3 is 19.1 Å². The number of pyridine rings is 1. The SMILES string of the molecule is CC1(C)COC[C@H]1n1c(Cc2cc(F)c(-c3cccc(OCc4cc(F)c(C#N)cc4F)n3)cc2F)nc2c(F)cc(C(=O)O)cc21. The van der Waals surface area contributed by atoms with Crippen LogP contribution in [0.25, 0.3) is 22.3 Å². The largest absolute Gasteiger partial charge is 0.478 e. The summed E-state index contributed by atoms with van der Waals surface area (Å²) < 4.78 is 87.3. The Hall–Kier alpha value is -5.35. The first-order valence-corrected chi connectivity index (χ1v) is 14.3. The zero-order valence-corrected chi connectivity index (χ0v) is 25.0. The Morgan fingerprint density at radius 1 is 1.00 bits per heavy atom. The van der Waals surface area contributed by atoms with E-state index in [0.29, 0.717) is 6.61 Å². The minimum atomic E-state index is -1.33. The van der Waals surface area contributed by atoms with Crippen molar-refractivity contribution in [3.05, 3.63) is 112 Å². The number of nitrogens with zero attached hydrogens (tertiary/aromatic N) is 4. The Kier molecular flexibility index (Phi) is 8.15. The van der Waals surface area contributed by atoms with Crippen LogP contribution < -0.4 is 4.74 Å². The van der Waals surface area contributed by atoms with Crippen molar-refractivity contribution in [2.24, 2.45) is 5.41 Å². The molecule has 2 aromatic heterocycles. The molecule has 5 aromatic rings. The molecule has 3 aromatic carbocycles. The van der Waals surface area contributed by atoms with E-state index in [2.05, 4.69) is 9.97 Å². The molecule has 1 saturated heterocycles. The number of carbonyl (C=O) groups is 1. The average molecular weight is 649 g/mol. The Bertz CT molecular complexity index is 2110. The molecule has 1 N–H and O–H groups in total. The smallest absolute Gasteiger partial charge is 0.335 e. The maximum absolute atomic E-state index is 15.6. The predicted molar refractivity (Wildman–Crippen MR) is 158 cm³/mol. The molecule has 0 saturated carbocycles. The molecule has 0 amide bonds. The van der Waals surface area contributed by atoms with E-state index >= 15 is 13.2 Å². The lowest BCUT2D eigenvalue weighted by Gasteiger charge is -2.28. The van der Waals surface area contributed by atoms with Crippen molar-refractivity contribution < 1.29 is 41.3 Å². The molecule has 1 fully saturated rings. The van der Waals surface area contributed by atoms with E-state index in [1.54, 1.807) is 10.6 Å². The number of aromatic nitrogens is 3. The first kappa shape index (κ1) is 31.6. The van der Waals surface area contributed by atoms with Crippen LogP contribution in [0.15, 0.2) is 54.6 Å². The van der Waals surface area contributed by atoms with E-state index in [1.807, 2.05) is 13.8 Å². The highest BCUT2D eigenvalue weighted by atomic mass is 19.1. The number of halogens is 5. The average Bonchev–Trinajstić information content (AvgIpc) is 3.56. The molecule has 0 aliphatic carbocycles. The molecule has 47 heavy (non-hydrogen) atoms. The van der Waals surface area contributed by atoms with E-state index in [1.165, 1.54) is 24.3 Å². The molecular formula is C34H25F5N4O4. The van der Waals surface area contributed by atoms with Crippen LogP contribution in [0.1, 0.15) is 52.8 Å². The van der Waals surface area contributed by atoms with Crippen molar-refractivity contribution in [3.63, 3.8) is 0 Å². The molecule has 0 bridgehead atoms. The number of nitriles is 1. The minimum Gasteiger partial charge on any atom is -0.478 e. The van der Waals surface area contributed by atoms with Gasteiger partial charge >= 0.3 is 5.97 Å². The van der Waals surface area contributed by atoms with Crippen LogP contribution >= 0.6 is 0 Å². The molecular weight excluding hydrogens is 623 g/mol. The summed E-state index contributed by atoms with van der Waals surface area (Å²) >= 11 is 0. The zero-order valence-electron chi connectivity index (χ0n) is 25.0. The monoisotopic (exact) mass is 648 g/mol. The highest BCUT2D eigenvalue weighted by Crippen LogP contribution is 2.41. The van der Waals surface area contributed by atoms with Gasteiger partial charge in [-0.25, -0.2) is 36.7 Å². The van der Waals surface area contributed by atoms with E-state index in [9.17, 15) is 18.7 Å². The number of ether oxygens (including phenoxy) is 2. The summed E-state index contributed by atoms with van der Waals surface area (Å²) in [4.78, 5) is 20.3. The van der Waals surface area contributed by atoms with Crippen LogP contribution in [0.3, 0.4) is 0 Å². The van der Waals surface area contributed by atoms with Crippen LogP contribution in [0.4, 0.5) is 22.0 Å². The van der Waals surface area contributed by atoms with Crippen molar-refractivity contribution in [1.29, 1.82) is 5.26 Å². The van der Waals surface area contributed by atoms with Crippen LogP contribution in [0, 0.1) is 45.8 Å². The molecule has 13 heteroatoms. The summed E-state index contributed by atoms with van der Waals surface area (Å²) in [6.45, 7) is 3.99. The number of aromatic carboxylic acids is 1. The summed E-state index contributed by atoms with van der Waals surface area (Å²) in [5.41, 5.74) is -1.59. The molecule has 1 aliphatic heterocycles. The van der Waals surface area contributed by atoms with Crippen LogP contribution in [0.2, 0.25) is 0 Å². The lowest BCUT2D eigenvalue weighted by atomic mass is 9.87. The third kappa shape index (κ3) is 5.99. The van der Waals surface area contributed by atoms with Gasteiger partial charge in [-0.3, -0.25) is 0 Å². The van der Waals surface area contributed by atoms with Crippen LogP contribution in [0.5, 0.6) is 5.88 Å². The standard InChI is InChI=1S/C34H25F5N4O4/c1-34(2)16-46-15-29(34)43-28-10-18(33(44)45)7-26(39)32(28)42-30(43)11-17-6-25(38)21(12-24(17)37)27-4-3-5-31(41-27)47-14-20-9-22(35)19(13-40)8-23(20)36/h3-10,12,29H,11,14-16H2,1-2H3,(H,44,45)/t29-/m1/s1. The maximum Gasteiger partial charge on any atom is 0.335 e. The second kappa shape index (κ2) is 12.1. The molecule has 0 unspecified atom stereocenters. The quantitative estimate of drug-likeness (QED) is 0.178. The summed E-state index contributed by atoms with van der Waals surface area (Å²) in [7, 11) is 0. The van der Waals surface area contributed by atoms with Crippen molar-refractivity contribution in [1.82, 2.24) is 14.5 Å². The van der Waals surface area contributed by atoms with Gasteiger partial charge in [0.1, 0.15) is 47.3 Å². The maximum atomic E-state index is 15.6. The fourth-order valence-electron chi connectivity index (χ4n) is 5.65. The Morgan fingerprint density at radius 3 is 2.45 bits per heavy atom. The number of hydrogen-bond acceptors (Lipinski definition) is 6. The number of imidazole rings is 1. The van der Waals surface area contributed by atoms with Crippen molar-refractivity contribution >= 4 is 17.0 Å². The van der Waals surface area contributed by atoms with E-state index < -0.39 is 58.7 Å². The number of rotatable bonds is 8. The highest BCUT2D eigenvalue weighted by Gasteiger charge is 2.39. The molecule has 6 rings (SSSR count). The third-order valence-electron chi connectivity index (χ3n) is 8.15. The lowest BCUT2D eigenvalue weighted by molar-refractivity contribution is 0.0696. The third-order valence-corrected chi connectivity index (χ3v) is 8.15. The molecule has 8 nitrogen and oxygen atoms in total. The van der Waals surface area contributed by atoms with Gasteiger partial charge in [0.25, 0.3) is 0 Å². The van der Waals surface area contributed by atoms with E-state index in [-0.39, 0.29) is 63.7 Å². The normalized spacial score (nSPS) is 15.6. The van der Waals surface area contributed by atoms with Gasteiger partial charge in [0.15, 0.2) is 5.82 Å². The van der Waals surface area contributed by atoms with Gasteiger partial charge in [0.05, 0.1) is 41.6 Å². The van der Waals surface area contributed by atoms with Gasteiger partial charge in [0.2, 0.25) is 5.88 Å². The molecule has 0 radical (unpaired) electrons. The van der Waals surface area contributed by atoms with Crippen molar-refractivity contribution in [2.45, 2.75) is 32.9 Å². The van der Waals surface area contributed by atoms with Gasteiger partial charge in [-0.05, 0) is 48.0 Å². The highest BCUT2D eigenvalue weighted by molar-refractivity contribution is 5.93. The van der Waals surface area contributed by atoms with Gasteiger partial charge in [-0.2, -0.15) is 5.26 Å². The van der Waals surface area contributed by atoms with Crippen LogP contribution in [-0.2, 0) is 17.8 Å². The fourth-order valence-corrected chi connectivity index (χ4v) is 5.65. The van der Waals surface area contributed by atoms with E-state index in [0.717, 1.165) is 30.3 Å². The first-order chi connectivity index (χ1) is 22.4. The minimum absolute atomic E-state index is 0.00250. The fraction of sp³-hybridized carbons (Fsp3) is 0.235. The second-order valence-electron chi connectivity index (χ2n) is 11.8. The summed E-state index contributed by atoms with van der Waals surface area (Å²) in [6.07, 6.45) is -0.255. The molecule has 0 spiro atoms. The molecule has 1 atom stereocenters. The number of hydrogen-bond donors (Lipinski definition) is 1.